The van der Waals surface area contributed by atoms with Gasteiger partial charge in [0.15, 0.2) is 0 Å². The van der Waals surface area contributed by atoms with Crippen LogP contribution in [0.4, 0.5) is 13.2 Å². The summed E-state index contributed by atoms with van der Waals surface area (Å²) in [6.07, 6.45) is -4.44. The summed E-state index contributed by atoms with van der Waals surface area (Å²) >= 11 is 0. The van der Waals surface area contributed by atoms with Gasteiger partial charge in [-0.15, -0.1) is 0 Å². The van der Waals surface area contributed by atoms with Crippen molar-refractivity contribution in [2.45, 2.75) is 12.2 Å². The first kappa shape index (κ1) is 8.32. The van der Waals surface area contributed by atoms with E-state index in [0.717, 1.165) is 0 Å². The first-order chi connectivity index (χ1) is 4.93. The van der Waals surface area contributed by atoms with Gasteiger partial charge >= 0.3 is 12.1 Å². The van der Waals surface area contributed by atoms with Crippen LogP contribution in [0.1, 0.15) is 0 Å². The van der Waals surface area contributed by atoms with E-state index < -0.39 is 24.1 Å². The molecular weight excluding hydrogens is 163 g/mol. The molecule has 1 heterocycles. The minimum atomic E-state index is -4.44. The Morgan fingerprint density at radius 1 is 1.55 bits per heavy atom. The molecule has 0 amide bonds. The zero-order chi connectivity index (χ0) is 8.65. The highest BCUT2D eigenvalue weighted by molar-refractivity contribution is 5.72. The predicted molar refractivity (Wildman–Crippen MR) is 29.0 cm³/mol. The lowest BCUT2D eigenvalue weighted by Gasteiger charge is -2.35. The van der Waals surface area contributed by atoms with Crippen molar-refractivity contribution in [1.29, 1.82) is 0 Å². The van der Waals surface area contributed by atoms with E-state index >= 15 is 0 Å². The SMILES string of the molecule is O=C(O)[C@@H]1CN[C@H]1C(F)(F)F. The van der Waals surface area contributed by atoms with Crippen molar-refractivity contribution in [2.75, 3.05) is 6.54 Å². The number of carboxylic acids is 1. The van der Waals surface area contributed by atoms with Gasteiger partial charge in [-0.2, -0.15) is 13.2 Å². The molecule has 1 aliphatic rings. The van der Waals surface area contributed by atoms with E-state index in [0.29, 0.717) is 0 Å². The third-order valence-electron chi connectivity index (χ3n) is 1.63. The van der Waals surface area contributed by atoms with Gasteiger partial charge in [0.25, 0.3) is 0 Å². The van der Waals surface area contributed by atoms with Crippen LogP contribution in [0.5, 0.6) is 0 Å². The predicted octanol–water partition coefficient (Wildman–Crippen LogP) is 0.221. The summed E-state index contributed by atoms with van der Waals surface area (Å²) in [5.74, 6) is -2.71. The van der Waals surface area contributed by atoms with Crippen molar-refractivity contribution in [3.63, 3.8) is 0 Å². The number of hydrogen-bond donors (Lipinski definition) is 2. The lowest BCUT2D eigenvalue weighted by Crippen LogP contribution is -2.63. The van der Waals surface area contributed by atoms with Crippen molar-refractivity contribution in [2.24, 2.45) is 5.92 Å². The zero-order valence-electron chi connectivity index (χ0n) is 5.35. The molecule has 6 heteroatoms. The number of hydrogen-bond acceptors (Lipinski definition) is 2. The van der Waals surface area contributed by atoms with Crippen LogP contribution in [-0.4, -0.2) is 29.8 Å². The van der Waals surface area contributed by atoms with E-state index in [-0.39, 0.29) is 6.54 Å². The summed E-state index contributed by atoms with van der Waals surface area (Å²) < 4.78 is 35.4. The number of aliphatic carboxylic acids is 1. The van der Waals surface area contributed by atoms with Crippen LogP contribution in [-0.2, 0) is 4.79 Å². The minimum Gasteiger partial charge on any atom is -0.481 e. The largest absolute Gasteiger partial charge is 0.481 e. The maximum atomic E-state index is 11.8. The maximum Gasteiger partial charge on any atom is 0.404 e. The van der Waals surface area contributed by atoms with Gasteiger partial charge in [0.05, 0.1) is 5.92 Å². The van der Waals surface area contributed by atoms with E-state index in [1.807, 2.05) is 5.32 Å². The van der Waals surface area contributed by atoms with Gasteiger partial charge in [0, 0.05) is 6.54 Å². The van der Waals surface area contributed by atoms with Crippen LogP contribution in [0.25, 0.3) is 0 Å². The normalized spacial score (nSPS) is 31.2. The molecule has 0 bridgehead atoms. The summed E-state index contributed by atoms with van der Waals surface area (Å²) in [6, 6.07) is -1.86. The van der Waals surface area contributed by atoms with E-state index in [1.54, 1.807) is 0 Å². The first-order valence-electron chi connectivity index (χ1n) is 2.96. The molecule has 0 unspecified atom stereocenters. The van der Waals surface area contributed by atoms with Crippen molar-refractivity contribution in [3.8, 4) is 0 Å². The molecular formula is C5H6F3NO2. The van der Waals surface area contributed by atoms with Crippen molar-refractivity contribution < 1.29 is 23.1 Å². The van der Waals surface area contributed by atoms with Crippen LogP contribution in [0.15, 0.2) is 0 Å². The van der Waals surface area contributed by atoms with Gasteiger partial charge in [0.2, 0.25) is 0 Å². The molecule has 0 radical (unpaired) electrons. The number of carbonyl (C=O) groups is 1. The number of rotatable bonds is 1. The van der Waals surface area contributed by atoms with Gasteiger partial charge in [-0.25, -0.2) is 0 Å². The third kappa shape index (κ3) is 1.45. The summed E-state index contributed by atoms with van der Waals surface area (Å²) in [7, 11) is 0. The molecule has 0 aromatic rings. The lowest BCUT2D eigenvalue weighted by atomic mass is 9.91. The third-order valence-corrected chi connectivity index (χ3v) is 1.63. The molecule has 11 heavy (non-hydrogen) atoms. The van der Waals surface area contributed by atoms with Crippen molar-refractivity contribution in [3.05, 3.63) is 0 Å². The lowest BCUT2D eigenvalue weighted by molar-refractivity contribution is -0.195. The summed E-state index contributed by atoms with van der Waals surface area (Å²) in [5, 5.41) is 10.2. The smallest absolute Gasteiger partial charge is 0.404 e. The molecule has 0 aromatic heterocycles. The van der Waals surface area contributed by atoms with Gasteiger partial charge in [-0.1, -0.05) is 0 Å². The standard InChI is InChI=1S/C5H6F3NO2/c6-5(7,8)3-2(1-9-3)4(10)11/h2-3,9H,1H2,(H,10,11)/t2-,3-/m1/s1. The number of carboxylic acid groups (broad SMARTS) is 1. The van der Waals surface area contributed by atoms with E-state index in [1.165, 1.54) is 0 Å². The molecule has 1 rings (SSSR count). The molecule has 0 aromatic carbocycles. The Morgan fingerprint density at radius 3 is 2.18 bits per heavy atom. The average molecular weight is 169 g/mol. The molecule has 1 aliphatic heterocycles. The fraction of sp³-hybridized carbons (Fsp3) is 0.800. The molecule has 1 saturated heterocycles. The van der Waals surface area contributed by atoms with E-state index in [4.69, 9.17) is 5.11 Å². The molecule has 2 N–H and O–H groups in total. The van der Waals surface area contributed by atoms with Crippen molar-refractivity contribution >= 4 is 5.97 Å². The highest BCUT2D eigenvalue weighted by Gasteiger charge is 2.52. The monoisotopic (exact) mass is 169 g/mol. The Morgan fingerprint density at radius 2 is 2.09 bits per heavy atom. The first-order valence-corrected chi connectivity index (χ1v) is 2.96. The number of alkyl halides is 3. The number of nitrogens with one attached hydrogen (secondary N) is 1. The van der Waals surface area contributed by atoms with Crippen LogP contribution in [0.2, 0.25) is 0 Å². The van der Waals surface area contributed by atoms with E-state index in [2.05, 4.69) is 0 Å². The summed E-state index contributed by atoms with van der Waals surface area (Å²) in [5.41, 5.74) is 0. The quantitative estimate of drug-likeness (QED) is 0.590. The summed E-state index contributed by atoms with van der Waals surface area (Å²) in [4.78, 5) is 10.1. The molecule has 0 saturated carbocycles. The van der Waals surface area contributed by atoms with Gasteiger partial charge in [0.1, 0.15) is 6.04 Å². The minimum absolute atomic E-state index is 0.0977. The Bertz CT molecular complexity index is 179. The van der Waals surface area contributed by atoms with Crippen molar-refractivity contribution in [1.82, 2.24) is 5.32 Å². The van der Waals surface area contributed by atoms with Crippen LogP contribution in [0.3, 0.4) is 0 Å². The topological polar surface area (TPSA) is 49.3 Å². The highest BCUT2D eigenvalue weighted by Crippen LogP contribution is 2.30. The second-order valence-corrected chi connectivity index (χ2v) is 2.37. The van der Waals surface area contributed by atoms with Crippen LogP contribution >= 0.6 is 0 Å². The zero-order valence-corrected chi connectivity index (χ0v) is 5.35. The molecule has 1 fully saturated rings. The molecule has 0 spiro atoms. The second kappa shape index (κ2) is 2.37. The summed E-state index contributed by atoms with van der Waals surface area (Å²) in [6.45, 7) is -0.0977. The Hall–Kier alpha value is -0.780. The van der Waals surface area contributed by atoms with Gasteiger partial charge in [-0.3, -0.25) is 4.79 Å². The van der Waals surface area contributed by atoms with E-state index in [9.17, 15) is 18.0 Å². The maximum absolute atomic E-state index is 11.8. The van der Waals surface area contributed by atoms with Gasteiger partial charge < -0.3 is 10.4 Å². The van der Waals surface area contributed by atoms with Crippen LogP contribution in [0, 0.1) is 5.92 Å². The number of halogens is 3. The Labute approximate surface area is 60.2 Å². The Kier molecular flexibility index (Phi) is 1.79. The molecule has 2 atom stereocenters. The second-order valence-electron chi connectivity index (χ2n) is 2.37. The molecule has 3 nitrogen and oxygen atoms in total. The molecule has 64 valence electrons. The molecule has 0 aliphatic carbocycles. The highest BCUT2D eigenvalue weighted by atomic mass is 19.4. The average Bonchev–Trinajstić information content (AvgIpc) is 1.51. The fourth-order valence-electron chi connectivity index (χ4n) is 0.927. The van der Waals surface area contributed by atoms with Gasteiger partial charge in [-0.05, 0) is 0 Å². The van der Waals surface area contributed by atoms with Crippen LogP contribution < -0.4 is 5.32 Å². The fourth-order valence-corrected chi connectivity index (χ4v) is 0.927. The Balaban J connectivity index is 2.57.